The molecule has 6 unspecified atom stereocenters. The number of benzene rings is 3. The minimum Gasteiger partial charge on any atom is -0.299 e. The van der Waals surface area contributed by atoms with Crippen LogP contribution in [0.3, 0.4) is 0 Å². The fraction of sp³-hybridized carbons (Fsp3) is 0.222. The average Bonchev–Trinajstić information content (AvgIpc) is 3.46. The van der Waals surface area contributed by atoms with Crippen molar-refractivity contribution in [2.24, 2.45) is 29.6 Å². The van der Waals surface area contributed by atoms with Gasteiger partial charge in [-0.1, -0.05) is 121 Å². The monoisotopic (exact) mass is 494 g/mol. The molecule has 4 aliphatic rings. The third-order valence-corrected chi connectivity index (χ3v) is 9.38. The third kappa shape index (κ3) is 3.07. The van der Waals surface area contributed by atoms with Crippen LogP contribution in [0, 0.1) is 29.6 Å². The van der Waals surface area contributed by atoms with Gasteiger partial charge in [-0.25, -0.2) is 0 Å². The smallest absolute Gasteiger partial charge is 0.145 e. The molecule has 7 rings (SSSR count). The van der Waals surface area contributed by atoms with E-state index in [1.165, 1.54) is 11.1 Å². The Labute approximate surface area is 224 Å². The van der Waals surface area contributed by atoms with Crippen molar-refractivity contribution in [1.29, 1.82) is 0 Å². The van der Waals surface area contributed by atoms with E-state index in [4.69, 9.17) is 0 Å². The van der Waals surface area contributed by atoms with Gasteiger partial charge in [-0.2, -0.15) is 0 Å². The van der Waals surface area contributed by atoms with Crippen LogP contribution in [0.5, 0.6) is 0 Å². The Bertz CT molecular complexity index is 1450. The number of fused-ring (bicyclic) bond motifs is 9. The van der Waals surface area contributed by atoms with Crippen LogP contribution in [-0.2, 0) is 9.59 Å². The van der Waals surface area contributed by atoms with Gasteiger partial charge in [0.1, 0.15) is 11.6 Å². The van der Waals surface area contributed by atoms with Gasteiger partial charge in [-0.3, -0.25) is 9.59 Å². The van der Waals surface area contributed by atoms with Crippen LogP contribution in [0.15, 0.2) is 121 Å². The summed E-state index contributed by atoms with van der Waals surface area (Å²) >= 11 is 0. The largest absolute Gasteiger partial charge is 0.299 e. The first kappa shape index (κ1) is 23.1. The van der Waals surface area contributed by atoms with E-state index in [-0.39, 0.29) is 53.0 Å². The minimum absolute atomic E-state index is 0.000783. The third-order valence-electron chi connectivity index (χ3n) is 9.38. The fourth-order valence-electron chi connectivity index (χ4n) is 8.08. The van der Waals surface area contributed by atoms with Crippen LogP contribution in [0.1, 0.15) is 41.0 Å². The molecule has 2 nitrogen and oxygen atoms in total. The summed E-state index contributed by atoms with van der Waals surface area (Å²) in [7, 11) is 0. The average molecular weight is 495 g/mol. The predicted molar refractivity (Wildman–Crippen MR) is 152 cm³/mol. The van der Waals surface area contributed by atoms with Gasteiger partial charge < -0.3 is 0 Å². The molecule has 3 aromatic rings. The van der Waals surface area contributed by atoms with Crippen molar-refractivity contribution in [2.45, 2.75) is 18.8 Å². The first-order chi connectivity index (χ1) is 18.6. The highest BCUT2D eigenvalue weighted by Crippen LogP contribution is 2.70. The fourth-order valence-corrected chi connectivity index (χ4v) is 8.08. The lowest BCUT2D eigenvalue weighted by atomic mass is 9.50. The summed E-state index contributed by atoms with van der Waals surface area (Å²) in [5.74, 6) is -0.785. The summed E-state index contributed by atoms with van der Waals surface area (Å²) in [6, 6.07) is 28.8. The summed E-state index contributed by atoms with van der Waals surface area (Å²) < 4.78 is 0. The van der Waals surface area contributed by atoms with Crippen molar-refractivity contribution in [2.75, 3.05) is 0 Å². The highest BCUT2D eigenvalue weighted by atomic mass is 16.1. The van der Waals surface area contributed by atoms with Gasteiger partial charge in [-0.15, -0.1) is 0 Å². The van der Waals surface area contributed by atoms with E-state index in [2.05, 4.69) is 61.2 Å². The van der Waals surface area contributed by atoms with Gasteiger partial charge in [-0.05, 0) is 46.2 Å². The first-order valence-electron chi connectivity index (χ1n) is 13.6. The van der Waals surface area contributed by atoms with Crippen LogP contribution >= 0.6 is 0 Å². The molecule has 0 N–H and O–H groups in total. The van der Waals surface area contributed by atoms with Crippen molar-refractivity contribution in [1.82, 2.24) is 0 Å². The number of carbonyl (C=O) groups is 2. The Hall–Kier alpha value is -4.04. The van der Waals surface area contributed by atoms with Crippen molar-refractivity contribution in [3.8, 4) is 0 Å². The van der Waals surface area contributed by atoms with Gasteiger partial charge in [0, 0.05) is 23.7 Å². The van der Waals surface area contributed by atoms with Gasteiger partial charge >= 0.3 is 0 Å². The molecule has 2 bridgehead atoms. The lowest BCUT2D eigenvalue weighted by Crippen LogP contribution is -2.53. The number of allylic oxidation sites excluding steroid dienone is 7. The Morgan fingerprint density at radius 2 is 1.08 bits per heavy atom. The highest BCUT2D eigenvalue weighted by molar-refractivity contribution is 6.22. The number of Topliss-reactive ketones (excluding diaryl/α,β-unsaturated/α-hetero) is 2. The lowest BCUT2D eigenvalue weighted by molar-refractivity contribution is -0.143. The Kier molecular flexibility index (Phi) is 5.33. The Morgan fingerprint density at radius 1 is 0.632 bits per heavy atom. The van der Waals surface area contributed by atoms with Gasteiger partial charge in [0.25, 0.3) is 0 Å². The molecule has 0 amide bonds. The molecule has 3 aromatic carbocycles. The van der Waals surface area contributed by atoms with Gasteiger partial charge in [0.15, 0.2) is 0 Å². The molecule has 186 valence electrons. The molecule has 0 spiro atoms. The van der Waals surface area contributed by atoms with E-state index in [0.717, 1.165) is 27.8 Å². The molecule has 2 saturated carbocycles. The number of rotatable bonds is 5. The zero-order valence-electron chi connectivity index (χ0n) is 21.5. The predicted octanol–water partition coefficient (Wildman–Crippen LogP) is 7.43. The molecule has 0 aliphatic heterocycles. The quantitative estimate of drug-likeness (QED) is 0.346. The molecule has 2 heteroatoms. The highest BCUT2D eigenvalue weighted by Gasteiger charge is 2.69. The molecule has 4 aliphatic carbocycles. The maximum atomic E-state index is 14.6. The molecule has 6 atom stereocenters. The number of hydrogen-bond acceptors (Lipinski definition) is 2. The van der Waals surface area contributed by atoms with Crippen LogP contribution in [-0.4, -0.2) is 11.6 Å². The molecule has 0 radical (unpaired) electrons. The van der Waals surface area contributed by atoms with Crippen molar-refractivity contribution in [3.05, 3.63) is 144 Å². The second kappa shape index (κ2) is 8.77. The second-order valence-corrected chi connectivity index (χ2v) is 11.0. The minimum atomic E-state index is -0.375. The van der Waals surface area contributed by atoms with E-state index in [1.54, 1.807) is 0 Å². The topological polar surface area (TPSA) is 34.1 Å². The van der Waals surface area contributed by atoms with Crippen LogP contribution in [0.2, 0.25) is 0 Å². The normalized spacial score (nSPS) is 30.9. The van der Waals surface area contributed by atoms with Crippen molar-refractivity contribution in [3.63, 3.8) is 0 Å². The molecular weight excluding hydrogens is 464 g/mol. The van der Waals surface area contributed by atoms with Crippen LogP contribution in [0.25, 0.3) is 11.1 Å². The molecule has 38 heavy (non-hydrogen) atoms. The molecule has 0 saturated heterocycles. The summed E-state index contributed by atoms with van der Waals surface area (Å²) in [6.45, 7) is 6.46. The van der Waals surface area contributed by atoms with E-state index in [0.29, 0.717) is 0 Å². The van der Waals surface area contributed by atoms with Crippen molar-refractivity contribution < 1.29 is 9.59 Å². The van der Waals surface area contributed by atoms with E-state index < -0.39 is 0 Å². The van der Waals surface area contributed by atoms with E-state index >= 15 is 0 Å². The lowest BCUT2D eigenvalue weighted by Gasteiger charge is -2.49. The van der Waals surface area contributed by atoms with E-state index in [9.17, 15) is 9.59 Å². The van der Waals surface area contributed by atoms with Gasteiger partial charge in [0.05, 0.1) is 11.8 Å². The molecule has 2 fully saturated rings. The summed E-state index contributed by atoms with van der Waals surface area (Å²) in [5.41, 5.74) is 7.65. The van der Waals surface area contributed by atoms with Gasteiger partial charge in [0.2, 0.25) is 0 Å². The molecule has 0 heterocycles. The number of ketones is 2. The Balaban J connectivity index is 1.38. The molecular formula is C36H30O2. The maximum Gasteiger partial charge on any atom is 0.145 e. The van der Waals surface area contributed by atoms with E-state index in [1.807, 2.05) is 61.5 Å². The molecule has 0 aromatic heterocycles. The first-order valence-corrected chi connectivity index (χ1v) is 13.6. The number of hydrogen-bond donors (Lipinski definition) is 0. The zero-order chi connectivity index (χ0) is 26.0. The zero-order valence-corrected chi connectivity index (χ0v) is 21.5. The summed E-state index contributed by atoms with van der Waals surface area (Å²) in [5, 5.41) is 0. The summed E-state index contributed by atoms with van der Waals surface area (Å²) in [6.07, 6.45) is 8.08. The Morgan fingerprint density at radius 3 is 1.53 bits per heavy atom. The second-order valence-electron chi connectivity index (χ2n) is 11.0. The summed E-state index contributed by atoms with van der Waals surface area (Å²) in [4.78, 5) is 29.1. The number of carbonyl (C=O) groups excluding carboxylic acids is 2. The maximum absolute atomic E-state index is 14.6. The SMILES string of the molecule is C=C(/C=C\C=C/C)C1C2c3ccccc3C1C1C(=O)C3C(c4ccccc4)=C(c4ccccc4)C3C(=O)C12. The van der Waals surface area contributed by atoms with Crippen LogP contribution in [0.4, 0.5) is 0 Å². The van der Waals surface area contributed by atoms with Crippen LogP contribution < -0.4 is 0 Å². The van der Waals surface area contributed by atoms with Crippen molar-refractivity contribution >= 4 is 22.7 Å². The standard InChI is InChI=1S/C36H30O2/c1-3-4-7-14-21(2)26-29-24-19-12-13-20-25(24)30(26)34-33(29)35(37)31-27(22-15-8-5-9-16-22)28(32(31)36(34)38)23-17-10-6-11-18-23/h3-20,26,29-34H,2H2,1H3/b4-3-,14-7-.